The Morgan fingerprint density at radius 3 is 2.21 bits per heavy atom. The predicted octanol–water partition coefficient (Wildman–Crippen LogP) is 5.61. The molecule has 1 aromatic heterocycles. The summed E-state index contributed by atoms with van der Waals surface area (Å²) in [6.45, 7) is -0.799. The minimum atomic E-state index is -7.22. The van der Waals surface area contributed by atoms with Crippen molar-refractivity contribution in [3.8, 4) is 0 Å². The lowest BCUT2D eigenvalue weighted by Crippen LogP contribution is -2.67. The number of nitrogens with one attached hydrogen (secondary N) is 2. The van der Waals surface area contributed by atoms with Gasteiger partial charge in [0.25, 0.3) is 5.91 Å². The number of aromatic nitrogens is 1. The van der Waals surface area contributed by atoms with E-state index in [-0.39, 0.29) is 13.0 Å². The van der Waals surface area contributed by atoms with Crippen LogP contribution in [0.3, 0.4) is 0 Å². The highest BCUT2D eigenvalue weighted by atomic mass is 35.5. The second-order valence-electron chi connectivity index (χ2n) is 6.70. The van der Waals surface area contributed by atoms with Crippen LogP contribution in [0.15, 0.2) is 30.5 Å². The molecule has 0 bridgehead atoms. The van der Waals surface area contributed by atoms with Gasteiger partial charge in [-0.2, -0.15) is 35.1 Å². The summed E-state index contributed by atoms with van der Waals surface area (Å²) in [4.78, 5) is 15.4. The molecule has 0 atom stereocenters. The molecule has 1 amide bonds. The van der Waals surface area contributed by atoms with Gasteiger partial charge in [-0.25, -0.2) is 8.78 Å². The molecule has 0 saturated heterocycles. The second kappa shape index (κ2) is 9.39. The maximum absolute atomic E-state index is 13.6. The predicted molar refractivity (Wildman–Crippen MR) is 98.7 cm³/mol. The van der Waals surface area contributed by atoms with Gasteiger partial charge in [-0.1, -0.05) is 11.6 Å². The molecule has 2 N–H and O–H groups in total. The van der Waals surface area contributed by atoms with Gasteiger partial charge in [-0.05, 0) is 30.7 Å². The van der Waals surface area contributed by atoms with Gasteiger partial charge < -0.3 is 10.6 Å². The lowest BCUT2D eigenvalue weighted by atomic mass is 9.98. The largest absolute Gasteiger partial charge is 0.392 e. The summed E-state index contributed by atoms with van der Waals surface area (Å²) < 4.78 is 130. The van der Waals surface area contributed by atoms with Crippen LogP contribution in [0.5, 0.6) is 0 Å². The number of halogens is 11. The summed E-state index contributed by atoms with van der Waals surface area (Å²) in [5, 5.41) is 5.06. The fourth-order valence-electron chi connectivity index (χ4n) is 2.59. The summed E-state index contributed by atoms with van der Waals surface area (Å²) in [7, 11) is 0. The van der Waals surface area contributed by atoms with E-state index in [0.717, 1.165) is 0 Å². The van der Waals surface area contributed by atoms with E-state index in [1.165, 1.54) is 17.6 Å². The normalized spacial score (nSPS) is 13.5. The molecule has 0 aliphatic carbocycles. The van der Waals surface area contributed by atoms with Gasteiger partial charge >= 0.3 is 30.1 Å². The van der Waals surface area contributed by atoms with E-state index in [1.807, 2.05) is 0 Å². The quantitative estimate of drug-likeness (QED) is 0.321. The van der Waals surface area contributed by atoms with Crippen molar-refractivity contribution in [2.45, 2.75) is 36.5 Å². The highest BCUT2D eigenvalue weighted by Crippen LogP contribution is 2.54. The first-order chi connectivity index (χ1) is 15.1. The molecule has 0 saturated carbocycles. The molecule has 184 valence electrons. The summed E-state index contributed by atoms with van der Waals surface area (Å²) in [6, 6.07) is 6.27. The van der Waals surface area contributed by atoms with Crippen LogP contribution in [0.4, 0.5) is 49.6 Å². The number of hydrogen-bond donors (Lipinski definition) is 2. The van der Waals surface area contributed by atoms with E-state index < -0.39 is 42.6 Å². The van der Waals surface area contributed by atoms with Gasteiger partial charge in [-0.15, -0.1) is 0 Å². The van der Waals surface area contributed by atoms with Crippen molar-refractivity contribution < 1.29 is 48.7 Å². The third kappa shape index (κ3) is 4.89. The molecular weight excluding hydrogens is 500 g/mol. The highest BCUT2D eigenvalue weighted by molar-refractivity contribution is 6.31. The van der Waals surface area contributed by atoms with Crippen LogP contribution in [0.2, 0.25) is 5.02 Å². The minimum absolute atomic E-state index is 0.0381. The van der Waals surface area contributed by atoms with Gasteiger partial charge in [-0.3, -0.25) is 9.78 Å². The number of benzene rings is 1. The zero-order valence-electron chi connectivity index (χ0n) is 16.1. The Morgan fingerprint density at radius 2 is 1.61 bits per heavy atom. The maximum atomic E-state index is 13.6. The van der Waals surface area contributed by atoms with E-state index in [4.69, 9.17) is 11.6 Å². The molecule has 33 heavy (non-hydrogen) atoms. The Labute approximate surface area is 184 Å². The minimum Gasteiger partial charge on any atom is -0.384 e. The molecule has 0 unspecified atom stereocenters. The van der Waals surface area contributed by atoms with Gasteiger partial charge in [0, 0.05) is 35.4 Å². The molecule has 1 heterocycles. The molecule has 0 fully saturated rings. The van der Waals surface area contributed by atoms with Gasteiger partial charge in [0.15, 0.2) is 0 Å². The van der Waals surface area contributed by atoms with Crippen LogP contribution in [0.1, 0.15) is 6.42 Å². The molecule has 2 rings (SSSR count). The number of rotatable bonds is 10. The first-order valence-electron chi connectivity index (χ1n) is 8.93. The van der Waals surface area contributed by atoms with Crippen molar-refractivity contribution in [1.82, 2.24) is 10.3 Å². The zero-order chi connectivity index (χ0) is 25.2. The number of carbonyl (C=O) groups is 1. The standard InChI is InChI=1S/C18H14ClF10N3O/c19-9-2-3-10-11(4-7-31-12(10)8-9)30-5-1-6-32-14(33)16(24,25)18(28,29)17(26,27)15(22,23)13(20)21/h2-4,7-8,13H,1,5-6H2,(H,30,31)(H,32,33). The summed E-state index contributed by atoms with van der Waals surface area (Å²) in [5.41, 5.74) is 1.01. The monoisotopic (exact) mass is 513 g/mol. The lowest BCUT2D eigenvalue weighted by Gasteiger charge is -2.35. The first kappa shape index (κ1) is 26.7. The molecule has 4 nitrogen and oxygen atoms in total. The third-order valence-electron chi connectivity index (χ3n) is 4.43. The molecular formula is C18H14ClF10N3O. The number of nitrogens with zero attached hydrogens (tertiary/aromatic N) is 1. The van der Waals surface area contributed by atoms with Crippen molar-refractivity contribution in [2.75, 3.05) is 18.4 Å². The van der Waals surface area contributed by atoms with E-state index >= 15 is 0 Å². The van der Waals surface area contributed by atoms with Gasteiger partial charge in [0.2, 0.25) is 0 Å². The van der Waals surface area contributed by atoms with E-state index in [1.54, 1.807) is 18.2 Å². The fourth-order valence-corrected chi connectivity index (χ4v) is 2.75. The Bertz CT molecular complexity index is 1000. The number of amides is 1. The Hall–Kier alpha value is -2.51. The van der Waals surface area contributed by atoms with Gasteiger partial charge in [0.05, 0.1) is 5.52 Å². The van der Waals surface area contributed by atoms with Crippen LogP contribution in [-0.4, -0.2) is 54.1 Å². The van der Waals surface area contributed by atoms with E-state index in [2.05, 4.69) is 10.3 Å². The maximum Gasteiger partial charge on any atom is 0.392 e. The van der Waals surface area contributed by atoms with E-state index in [9.17, 15) is 48.7 Å². The third-order valence-corrected chi connectivity index (χ3v) is 4.66. The zero-order valence-corrected chi connectivity index (χ0v) is 16.9. The highest BCUT2D eigenvalue weighted by Gasteiger charge is 2.84. The van der Waals surface area contributed by atoms with Crippen molar-refractivity contribution in [3.05, 3.63) is 35.5 Å². The first-order valence-corrected chi connectivity index (χ1v) is 9.31. The van der Waals surface area contributed by atoms with Crippen LogP contribution in [0.25, 0.3) is 10.9 Å². The summed E-state index contributed by atoms with van der Waals surface area (Å²) >= 11 is 5.84. The molecule has 1 aromatic carbocycles. The number of anilines is 1. The number of fused-ring (bicyclic) bond motifs is 1. The number of pyridine rings is 1. The lowest BCUT2D eigenvalue weighted by molar-refractivity contribution is -0.375. The topological polar surface area (TPSA) is 54.0 Å². The SMILES string of the molecule is O=C(NCCCNc1ccnc2cc(Cl)ccc12)C(F)(F)C(F)(F)C(F)(F)C(F)(F)C(F)F. The Balaban J connectivity index is 1.98. The average Bonchev–Trinajstić information content (AvgIpc) is 2.72. The second-order valence-corrected chi connectivity index (χ2v) is 7.14. The van der Waals surface area contributed by atoms with Gasteiger partial charge in [0.1, 0.15) is 0 Å². The van der Waals surface area contributed by atoms with Crippen LogP contribution < -0.4 is 10.6 Å². The fraction of sp³-hybridized carbons (Fsp3) is 0.444. The average molecular weight is 514 g/mol. The van der Waals surface area contributed by atoms with Crippen LogP contribution in [-0.2, 0) is 4.79 Å². The van der Waals surface area contributed by atoms with Crippen molar-refractivity contribution in [3.63, 3.8) is 0 Å². The summed E-state index contributed by atoms with van der Waals surface area (Å²) in [5.74, 6) is -30.6. The molecule has 0 aliphatic rings. The van der Waals surface area contributed by atoms with Crippen LogP contribution >= 0.6 is 11.6 Å². The number of carbonyl (C=O) groups excluding carboxylic acids is 1. The smallest absolute Gasteiger partial charge is 0.384 e. The molecule has 15 heteroatoms. The van der Waals surface area contributed by atoms with Crippen LogP contribution in [0, 0.1) is 0 Å². The Kier molecular flexibility index (Phi) is 7.61. The summed E-state index contributed by atoms with van der Waals surface area (Å²) in [6.07, 6.45) is -4.17. The molecule has 0 spiro atoms. The molecule has 0 radical (unpaired) electrons. The number of alkyl halides is 10. The molecule has 2 aromatic rings. The number of hydrogen-bond acceptors (Lipinski definition) is 3. The van der Waals surface area contributed by atoms with Crippen molar-refractivity contribution in [1.29, 1.82) is 0 Å². The molecule has 0 aliphatic heterocycles. The van der Waals surface area contributed by atoms with E-state index in [0.29, 0.717) is 21.6 Å². The Morgan fingerprint density at radius 1 is 0.970 bits per heavy atom. The van der Waals surface area contributed by atoms with Crippen molar-refractivity contribution >= 4 is 34.1 Å². The van der Waals surface area contributed by atoms with Crippen molar-refractivity contribution in [2.24, 2.45) is 0 Å².